The van der Waals surface area contributed by atoms with Gasteiger partial charge < -0.3 is 0 Å². The van der Waals surface area contributed by atoms with E-state index in [1.54, 1.807) is 0 Å². The number of nitro groups is 1. The highest BCUT2D eigenvalue weighted by Gasteiger charge is 2.41. The minimum atomic E-state index is -4.02. The summed E-state index contributed by atoms with van der Waals surface area (Å²) in [6.07, 6.45) is 0. The molecule has 0 radical (unpaired) electrons. The summed E-state index contributed by atoms with van der Waals surface area (Å²) in [7, 11) is -4.02. The first-order valence-corrected chi connectivity index (χ1v) is 8.06. The van der Waals surface area contributed by atoms with Crippen molar-refractivity contribution in [2.45, 2.75) is 6.37 Å². The van der Waals surface area contributed by atoms with Gasteiger partial charge in [-0.2, -0.15) is 0 Å². The van der Waals surface area contributed by atoms with Crippen LogP contribution in [0.25, 0.3) is 0 Å². The van der Waals surface area contributed by atoms with Crippen LogP contribution in [0.4, 0.5) is 5.69 Å². The largest absolute Gasteiger partial charge is 0.289 e. The predicted octanol–water partition coefficient (Wildman–Crippen LogP) is 3.82. The van der Waals surface area contributed by atoms with Crippen LogP contribution in [-0.2, 0) is 9.84 Å². The first-order valence-electron chi connectivity index (χ1n) is 3.82. The Bertz CT molecular complexity index is 569. The van der Waals surface area contributed by atoms with Crippen molar-refractivity contribution in [3.05, 3.63) is 33.3 Å². The van der Waals surface area contributed by atoms with Gasteiger partial charge in [-0.1, -0.05) is 11.6 Å². The van der Waals surface area contributed by atoms with Gasteiger partial charge in [0, 0.05) is 11.1 Å². The van der Waals surface area contributed by atoms with Gasteiger partial charge in [0.25, 0.3) is 5.69 Å². The molecule has 0 unspecified atom stereocenters. The average Bonchev–Trinajstić information content (AvgIpc) is 2.15. The maximum atomic E-state index is 12.0. The molecule has 0 bridgehead atoms. The summed E-state index contributed by atoms with van der Waals surface area (Å²) in [6.45, 7) is 0. The number of halogens is 4. The number of rotatable bonds is 2. The smallest absolute Gasteiger partial charge is 0.258 e. The Morgan fingerprint density at radius 3 is 2.24 bits per heavy atom. The minimum absolute atomic E-state index is 0.0833. The van der Waals surface area contributed by atoms with Crippen molar-refractivity contribution >= 4 is 74.9 Å². The summed E-state index contributed by atoms with van der Waals surface area (Å²) in [5, 5.41) is 10.9. The summed E-state index contributed by atoms with van der Waals surface area (Å²) >= 11 is 14.1. The fourth-order valence-corrected chi connectivity index (χ4v) is 3.63. The quantitative estimate of drug-likeness (QED) is 0.373. The molecular formula is C7H3Br3ClNO4S. The zero-order valence-electron chi connectivity index (χ0n) is 7.73. The second-order valence-electron chi connectivity index (χ2n) is 2.82. The standard InChI is InChI=1S/C7H3Br3ClNO4S/c8-7(9,10)17(15,16)6-2-1-4(11)3-5(6)12(13)14/h1-3H. The van der Waals surface area contributed by atoms with Gasteiger partial charge in [-0.05, 0) is 59.9 Å². The van der Waals surface area contributed by atoms with Gasteiger partial charge in [-0.15, -0.1) is 0 Å². The summed E-state index contributed by atoms with van der Waals surface area (Å²) in [6, 6.07) is 3.32. The molecule has 1 aromatic rings. The lowest BCUT2D eigenvalue weighted by Crippen LogP contribution is -2.19. The Morgan fingerprint density at radius 1 is 1.29 bits per heavy atom. The monoisotopic (exact) mass is 469 g/mol. The van der Waals surface area contributed by atoms with Crippen LogP contribution >= 0.6 is 59.4 Å². The molecule has 0 fully saturated rings. The molecule has 0 aliphatic rings. The van der Waals surface area contributed by atoms with Gasteiger partial charge in [0.2, 0.25) is 11.3 Å². The Morgan fingerprint density at radius 2 is 1.82 bits per heavy atom. The topological polar surface area (TPSA) is 77.3 Å². The van der Waals surface area contributed by atoms with Gasteiger partial charge in [0.05, 0.1) is 4.92 Å². The lowest BCUT2D eigenvalue weighted by atomic mass is 10.3. The van der Waals surface area contributed by atoms with Crippen LogP contribution in [0.3, 0.4) is 0 Å². The van der Waals surface area contributed by atoms with E-state index in [4.69, 9.17) is 11.6 Å². The maximum absolute atomic E-state index is 12.0. The van der Waals surface area contributed by atoms with Crippen molar-refractivity contribution < 1.29 is 13.3 Å². The molecule has 10 heteroatoms. The van der Waals surface area contributed by atoms with E-state index in [-0.39, 0.29) is 5.02 Å². The normalized spacial score (nSPS) is 12.5. The van der Waals surface area contributed by atoms with Gasteiger partial charge in [0.15, 0.2) is 0 Å². The molecule has 0 heterocycles. The van der Waals surface area contributed by atoms with Crippen LogP contribution in [0.15, 0.2) is 23.1 Å². The molecule has 0 atom stereocenters. The molecule has 94 valence electrons. The molecule has 0 saturated heterocycles. The van der Waals surface area contributed by atoms with Crippen LogP contribution in [-0.4, -0.2) is 14.8 Å². The molecule has 17 heavy (non-hydrogen) atoms. The second-order valence-corrected chi connectivity index (χ2v) is 13.6. The molecule has 0 aromatic heterocycles. The molecule has 0 aliphatic carbocycles. The zero-order valence-corrected chi connectivity index (χ0v) is 14.1. The number of hydrogen-bond acceptors (Lipinski definition) is 4. The highest BCUT2D eigenvalue weighted by molar-refractivity contribution is 9.42. The van der Waals surface area contributed by atoms with E-state index in [2.05, 4.69) is 47.8 Å². The molecule has 0 aliphatic heterocycles. The van der Waals surface area contributed by atoms with E-state index in [1.807, 2.05) is 0 Å². The van der Waals surface area contributed by atoms with E-state index < -0.39 is 26.8 Å². The third-order valence-electron chi connectivity index (χ3n) is 1.71. The predicted molar refractivity (Wildman–Crippen MR) is 74.8 cm³/mol. The average molecular weight is 472 g/mol. The van der Waals surface area contributed by atoms with Crippen molar-refractivity contribution in [3.63, 3.8) is 0 Å². The number of alkyl halides is 3. The molecule has 1 aromatic carbocycles. The first-order chi connectivity index (χ1) is 7.57. The molecule has 0 amide bonds. The van der Waals surface area contributed by atoms with E-state index in [0.717, 1.165) is 12.1 Å². The van der Waals surface area contributed by atoms with Crippen molar-refractivity contribution in [3.8, 4) is 0 Å². The summed E-state index contributed by atoms with van der Waals surface area (Å²) in [5.41, 5.74) is -0.583. The number of nitrogens with zero attached hydrogens (tertiary/aromatic N) is 1. The Kier molecular flexibility index (Phi) is 4.63. The first kappa shape index (κ1) is 15.4. The van der Waals surface area contributed by atoms with Gasteiger partial charge in [-0.3, -0.25) is 10.1 Å². The van der Waals surface area contributed by atoms with Crippen LogP contribution in [0, 0.1) is 10.1 Å². The van der Waals surface area contributed by atoms with E-state index in [9.17, 15) is 18.5 Å². The highest BCUT2D eigenvalue weighted by Crippen LogP contribution is 2.45. The van der Waals surface area contributed by atoms with E-state index in [1.165, 1.54) is 6.07 Å². The van der Waals surface area contributed by atoms with Crippen LogP contribution in [0.5, 0.6) is 0 Å². The van der Waals surface area contributed by atoms with Crippen molar-refractivity contribution in [1.82, 2.24) is 0 Å². The Hall–Kier alpha value is 0.300. The number of benzene rings is 1. The summed E-state index contributed by atoms with van der Waals surface area (Å²) in [5.74, 6) is 0. The van der Waals surface area contributed by atoms with Crippen LogP contribution in [0.1, 0.15) is 0 Å². The molecular weight excluding hydrogens is 469 g/mol. The SMILES string of the molecule is O=[N+]([O-])c1cc(Cl)ccc1S(=O)(=O)C(Br)(Br)Br. The summed E-state index contributed by atoms with van der Waals surface area (Å²) in [4.78, 5) is 9.53. The Balaban J connectivity index is 3.59. The molecule has 0 spiro atoms. The third kappa shape index (κ3) is 3.19. The molecule has 0 N–H and O–H groups in total. The lowest BCUT2D eigenvalue weighted by Gasteiger charge is -2.13. The van der Waals surface area contributed by atoms with Crippen molar-refractivity contribution in [2.75, 3.05) is 0 Å². The van der Waals surface area contributed by atoms with Crippen LogP contribution < -0.4 is 0 Å². The molecule has 5 nitrogen and oxygen atoms in total. The van der Waals surface area contributed by atoms with Crippen LogP contribution in [0.2, 0.25) is 5.02 Å². The zero-order chi connectivity index (χ0) is 13.4. The van der Waals surface area contributed by atoms with Crippen molar-refractivity contribution in [2.24, 2.45) is 0 Å². The fraction of sp³-hybridized carbons (Fsp3) is 0.143. The van der Waals surface area contributed by atoms with Gasteiger partial charge in [-0.25, -0.2) is 8.42 Å². The summed E-state index contributed by atoms with van der Waals surface area (Å²) < 4.78 is 22.3. The third-order valence-corrected chi connectivity index (χ3v) is 7.32. The number of sulfone groups is 1. The van der Waals surface area contributed by atoms with Crippen molar-refractivity contribution in [1.29, 1.82) is 0 Å². The lowest BCUT2D eigenvalue weighted by molar-refractivity contribution is -0.387. The van der Waals surface area contributed by atoms with Gasteiger partial charge >= 0.3 is 0 Å². The second kappa shape index (κ2) is 5.12. The highest BCUT2D eigenvalue weighted by atomic mass is 80.0. The number of nitro benzene ring substituents is 1. The maximum Gasteiger partial charge on any atom is 0.289 e. The van der Waals surface area contributed by atoms with E-state index in [0.29, 0.717) is 0 Å². The molecule has 0 saturated carbocycles. The molecule has 1 rings (SSSR count). The minimum Gasteiger partial charge on any atom is -0.258 e. The van der Waals surface area contributed by atoms with Gasteiger partial charge in [0.1, 0.15) is 4.90 Å². The fourth-order valence-electron chi connectivity index (χ4n) is 0.985. The number of hydrogen-bond donors (Lipinski definition) is 0. The van der Waals surface area contributed by atoms with E-state index >= 15 is 0 Å². The Labute approximate surface area is 127 Å².